The van der Waals surface area contributed by atoms with E-state index < -0.39 is 0 Å². The van der Waals surface area contributed by atoms with Gasteiger partial charge in [-0.25, -0.2) is 0 Å². The number of para-hydroxylation sites is 1. The number of nitrogens with two attached hydrogens (primary N) is 1. The van der Waals surface area contributed by atoms with Gasteiger partial charge >= 0.3 is 0 Å². The first-order valence-electron chi connectivity index (χ1n) is 7.87. The van der Waals surface area contributed by atoms with Gasteiger partial charge in [-0.05, 0) is 49.6 Å². The smallest absolute Gasteiger partial charge is 0.220 e. The standard InChI is InChI=1S/C19H24N2O2.ClH/c1-14-6-5-8-17(12-14)23-13-15(2)21-19(22)11-10-16-7-3-4-9-18(16)20;/h3-9,12,15H,10-11,13,20H2,1-2H3,(H,21,22);1H. The summed E-state index contributed by atoms with van der Waals surface area (Å²) in [6.07, 6.45) is 1.06. The van der Waals surface area contributed by atoms with E-state index in [4.69, 9.17) is 10.5 Å². The molecule has 24 heavy (non-hydrogen) atoms. The first-order valence-corrected chi connectivity index (χ1v) is 7.87. The molecule has 0 radical (unpaired) electrons. The second-order valence-electron chi connectivity index (χ2n) is 5.79. The molecule has 0 aromatic heterocycles. The first kappa shape index (κ1) is 19.8. The Kier molecular flexibility index (Phi) is 8.13. The first-order chi connectivity index (χ1) is 11.0. The Morgan fingerprint density at radius 2 is 1.96 bits per heavy atom. The van der Waals surface area contributed by atoms with Crippen LogP contribution in [0.3, 0.4) is 0 Å². The van der Waals surface area contributed by atoms with Crippen molar-refractivity contribution in [2.75, 3.05) is 12.3 Å². The van der Waals surface area contributed by atoms with Crippen LogP contribution in [0.1, 0.15) is 24.5 Å². The van der Waals surface area contributed by atoms with E-state index in [-0.39, 0.29) is 24.4 Å². The minimum absolute atomic E-state index is 0. The van der Waals surface area contributed by atoms with Crippen molar-refractivity contribution in [3.8, 4) is 5.75 Å². The molecule has 5 heteroatoms. The van der Waals surface area contributed by atoms with E-state index in [2.05, 4.69) is 5.32 Å². The highest BCUT2D eigenvalue weighted by Crippen LogP contribution is 2.13. The minimum Gasteiger partial charge on any atom is -0.491 e. The molecule has 1 atom stereocenters. The van der Waals surface area contributed by atoms with Gasteiger partial charge < -0.3 is 15.8 Å². The van der Waals surface area contributed by atoms with E-state index in [0.717, 1.165) is 22.6 Å². The van der Waals surface area contributed by atoms with E-state index >= 15 is 0 Å². The molecule has 2 aromatic rings. The molecule has 0 aliphatic rings. The van der Waals surface area contributed by atoms with E-state index in [9.17, 15) is 4.79 Å². The van der Waals surface area contributed by atoms with Crippen molar-refractivity contribution in [3.63, 3.8) is 0 Å². The fourth-order valence-electron chi connectivity index (χ4n) is 2.33. The lowest BCUT2D eigenvalue weighted by atomic mass is 10.1. The van der Waals surface area contributed by atoms with Crippen molar-refractivity contribution < 1.29 is 9.53 Å². The van der Waals surface area contributed by atoms with Crippen molar-refractivity contribution >= 4 is 24.0 Å². The summed E-state index contributed by atoms with van der Waals surface area (Å²) in [7, 11) is 0. The molecule has 0 aliphatic heterocycles. The Bertz CT molecular complexity index is 661. The molecule has 1 unspecified atom stereocenters. The Morgan fingerprint density at radius 3 is 2.67 bits per heavy atom. The van der Waals surface area contributed by atoms with Gasteiger partial charge in [-0.3, -0.25) is 4.79 Å². The summed E-state index contributed by atoms with van der Waals surface area (Å²) in [5.41, 5.74) is 8.77. The normalized spacial score (nSPS) is 11.2. The van der Waals surface area contributed by atoms with Crippen LogP contribution < -0.4 is 15.8 Å². The highest BCUT2D eigenvalue weighted by molar-refractivity contribution is 5.85. The number of carbonyl (C=O) groups excluding carboxylic acids is 1. The van der Waals surface area contributed by atoms with E-state index in [0.29, 0.717) is 19.4 Å². The number of anilines is 1. The molecule has 130 valence electrons. The molecule has 2 rings (SSSR count). The summed E-state index contributed by atoms with van der Waals surface area (Å²) in [5.74, 6) is 0.830. The van der Waals surface area contributed by atoms with Crippen molar-refractivity contribution in [2.45, 2.75) is 32.7 Å². The van der Waals surface area contributed by atoms with Gasteiger partial charge in [0, 0.05) is 12.1 Å². The number of aryl methyl sites for hydroxylation is 2. The molecular weight excluding hydrogens is 324 g/mol. The third kappa shape index (κ3) is 6.50. The van der Waals surface area contributed by atoms with Crippen LogP contribution in [0.25, 0.3) is 0 Å². The summed E-state index contributed by atoms with van der Waals surface area (Å²) >= 11 is 0. The van der Waals surface area contributed by atoms with Gasteiger partial charge in [-0.15, -0.1) is 12.4 Å². The van der Waals surface area contributed by atoms with Crippen LogP contribution in [-0.4, -0.2) is 18.6 Å². The molecule has 0 saturated heterocycles. The Hall–Kier alpha value is -2.20. The zero-order chi connectivity index (χ0) is 16.7. The average molecular weight is 349 g/mol. The number of rotatable bonds is 7. The molecule has 0 spiro atoms. The van der Waals surface area contributed by atoms with Crippen molar-refractivity contribution in [3.05, 3.63) is 59.7 Å². The Morgan fingerprint density at radius 1 is 1.21 bits per heavy atom. The predicted octanol–water partition coefficient (Wildman–Crippen LogP) is 3.52. The summed E-state index contributed by atoms with van der Waals surface area (Å²) < 4.78 is 5.70. The second-order valence-corrected chi connectivity index (χ2v) is 5.79. The topological polar surface area (TPSA) is 64.3 Å². The molecule has 0 heterocycles. The van der Waals surface area contributed by atoms with Crippen molar-refractivity contribution in [1.29, 1.82) is 0 Å². The summed E-state index contributed by atoms with van der Waals surface area (Å²) in [6, 6.07) is 15.5. The average Bonchev–Trinajstić information content (AvgIpc) is 2.52. The van der Waals surface area contributed by atoms with Crippen molar-refractivity contribution in [1.82, 2.24) is 5.32 Å². The zero-order valence-electron chi connectivity index (χ0n) is 14.1. The number of hydrogen-bond acceptors (Lipinski definition) is 3. The number of halogens is 1. The van der Waals surface area contributed by atoms with E-state index in [1.54, 1.807) is 0 Å². The van der Waals surface area contributed by atoms with Gasteiger partial charge in [-0.2, -0.15) is 0 Å². The van der Waals surface area contributed by atoms with Gasteiger partial charge in [0.05, 0.1) is 6.04 Å². The lowest BCUT2D eigenvalue weighted by molar-refractivity contribution is -0.121. The van der Waals surface area contributed by atoms with Crippen LogP contribution >= 0.6 is 12.4 Å². The number of amides is 1. The maximum Gasteiger partial charge on any atom is 0.220 e. The Balaban J connectivity index is 0.00000288. The molecule has 4 nitrogen and oxygen atoms in total. The van der Waals surface area contributed by atoms with Crippen LogP contribution in [0.2, 0.25) is 0 Å². The lowest BCUT2D eigenvalue weighted by Crippen LogP contribution is -2.36. The largest absolute Gasteiger partial charge is 0.491 e. The predicted molar refractivity (Wildman–Crippen MR) is 101 cm³/mol. The van der Waals surface area contributed by atoms with Crippen LogP contribution in [-0.2, 0) is 11.2 Å². The SMILES string of the molecule is Cc1cccc(OCC(C)NC(=O)CCc2ccccc2N)c1.Cl. The summed E-state index contributed by atoms with van der Waals surface area (Å²) in [5, 5.41) is 2.95. The van der Waals surface area contributed by atoms with Gasteiger partial charge in [0.2, 0.25) is 5.91 Å². The Labute approximate surface area is 149 Å². The molecule has 3 N–H and O–H groups in total. The van der Waals surface area contributed by atoms with Gasteiger partial charge in [0.15, 0.2) is 0 Å². The number of nitrogens with one attached hydrogen (secondary N) is 1. The number of benzene rings is 2. The highest BCUT2D eigenvalue weighted by atomic mass is 35.5. The van der Waals surface area contributed by atoms with Gasteiger partial charge in [0.25, 0.3) is 0 Å². The number of hydrogen-bond donors (Lipinski definition) is 2. The maximum absolute atomic E-state index is 12.0. The molecule has 0 fully saturated rings. The molecule has 1 amide bonds. The highest BCUT2D eigenvalue weighted by Gasteiger charge is 2.09. The molecule has 0 bridgehead atoms. The van der Waals surface area contributed by atoms with Gasteiger partial charge in [-0.1, -0.05) is 30.3 Å². The lowest BCUT2D eigenvalue weighted by Gasteiger charge is -2.15. The van der Waals surface area contributed by atoms with Crippen LogP contribution in [0, 0.1) is 6.92 Å². The fraction of sp³-hybridized carbons (Fsp3) is 0.316. The summed E-state index contributed by atoms with van der Waals surface area (Å²) in [4.78, 5) is 12.0. The maximum atomic E-state index is 12.0. The molecular formula is C19H25ClN2O2. The van der Waals surface area contributed by atoms with Gasteiger partial charge in [0.1, 0.15) is 12.4 Å². The number of carbonyl (C=O) groups is 1. The second kappa shape index (κ2) is 9.83. The minimum atomic E-state index is -0.0452. The zero-order valence-corrected chi connectivity index (χ0v) is 14.9. The third-order valence-electron chi connectivity index (χ3n) is 3.57. The molecule has 0 saturated carbocycles. The van der Waals surface area contributed by atoms with E-state index in [1.165, 1.54) is 0 Å². The number of ether oxygens (including phenoxy) is 1. The molecule has 2 aromatic carbocycles. The van der Waals surface area contributed by atoms with Crippen LogP contribution in [0.15, 0.2) is 48.5 Å². The summed E-state index contributed by atoms with van der Waals surface area (Å²) in [6.45, 7) is 4.40. The third-order valence-corrected chi connectivity index (χ3v) is 3.57. The van der Waals surface area contributed by atoms with Crippen LogP contribution in [0.4, 0.5) is 5.69 Å². The fourth-order valence-corrected chi connectivity index (χ4v) is 2.33. The number of nitrogen functional groups attached to an aromatic ring is 1. The molecule has 0 aliphatic carbocycles. The monoisotopic (exact) mass is 348 g/mol. The van der Waals surface area contributed by atoms with E-state index in [1.807, 2.05) is 62.4 Å². The van der Waals surface area contributed by atoms with Crippen molar-refractivity contribution in [2.24, 2.45) is 0 Å². The quantitative estimate of drug-likeness (QED) is 0.752. The van der Waals surface area contributed by atoms with Crippen LogP contribution in [0.5, 0.6) is 5.75 Å².